The lowest BCUT2D eigenvalue weighted by Crippen LogP contribution is -2.41. The zero-order valence-electron chi connectivity index (χ0n) is 17.5. The first-order valence-corrected chi connectivity index (χ1v) is 10.4. The Kier molecular flexibility index (Phi) is 7.93. The Balaban J connectivity index is 0.00000289. The summed E-state index contributed by atoms with van der Waals surface area (Å²) in [7, 11) is 0. The summed E-state index contributed by atoms with van der Waals surface area (Å²) in [6.45, 7) is 2.82. The molecule has 1 fully saturated rings. The number of rotatable bonds is 7. The van der Waals surface area contributed by atoms with Gasteiger partial charge in [0.2, 0.25) is 11.9 Å². The first kappa shape index (κ1) is 23.8. The number of halogens is 2. The summed E-state index contributed by atoms with van der Waals surface area (Å²) in [5.41, 5.74) is 5.84. The Morgan fingerprint density at radius 2 is 1.84 bits per heavy atom. The number of Topliss-reactive ketones (excluding diaryl/α,β-unsaturated/α-hetero) is 1. The van der Waals surface area contributed by atoms with Gasteiger partial charge >= 0.3 is 0 Å². The number of piperidine rings is 1. The molecule has 1 atom stereocenters. The van der Waals surface area contributed by atoms with Gasteiger partial charge in [-0.05, 0) is 62.3 Å². The number of ketones is 1. The third-order valence-electron chi connectivity index (χ3n) is 5.66. The minimum atomic E-state index is -0.804. The lowest BCUT2D eigenvalue weighted by Gasteiger charge is -2.31. The highest BCUT2D eigenvalue weighted by Crippen LogP contribution is 2.40. The fraction of sp³-hybridized carbons (Fsp3) is 0.391. The number of nitrogens with two attached hydrogens (primary N) is 1. The van der Waals surface area contributed by atoms with E-state index in [2.05, 4.69) is 4.90 Å². The largest absolute Gasteiger partial charge is 0.488 e. The van der Waals surface area contributed by atoms with Crippen molar-refractivity contribution in [3.05, 3.63) is 53.8 Å². The van der Waals surface area contributed by atoms with Gasteiger partial charge in [0.15, 0.2) is 17.3 Å². The monoisotopic (exact) mass is 464 g/mol. The fourth-order valence-electron chi connectivity index (χ4n) is 3.88. The molecule has 4 rings (SSSR count). The second kappa shape index (κ2) is 10.7. The summed E-state index contributed by atoms with van der Waals surface area (Å²) in [6.07, 6.45) is 0.729. The van der Waals surface area contributed by atoms with Crippen molar-refractivity contribution in [1.82, 2.24) is 4.90 Å². The van der Waals surface area contributed by atoms with Crippen LogP contribution in [0.2, 0.25) is 0 Å². The van der Waals surface area contributed by atoms with E-state index >= 15 is 0 Å². The van der Waals surface area contributed by atoms with Crippen molar-refractivity contribution in [2.45, 2.75) is 18.9 Å². The molecular formula is C23H26ClFN2O5. The van der Waals surface area contributed by atoms with Gasteiger partial charge in [-0.3, -0.25) is 14.5 Å². The highest BCUT2D eigenvalue weighted by atomic mass is 35.5. The molecule has 0 spiro atoms. The van der Waals surface area contributed by atoms with Crippen LogP contribution in [0.1, 0.15) is 23.2 Å². The second-order valence-electron chi connectivity index (χ2n) is 7.74. The molecule has 1 unspecified atom stereocenters. The number of likely N-dealkylation sites (tertiary alicyclic amines) is 1. The van der Waals surface area contributed by atoms with Crippen molar-refractivity contribution in [3.63, 3.8) is 0 Å². The van der Waals surface area contributed by atoms with Crippen LogP contribution in [0, 0.1) is 11.7 Å². The number of fused-ring (bicyclic) bond motifs is 1. The average molecular weight is 465 g/mol. The zero-order chi connectivity index (χ0) is 21.8. The number of benzene rings is 2. The highest BCUT2D eigenvalue weighted by molar-refractivity contribution is 5.97. The van der Waals surface area contributed by atoms with Crippen molar-refractivity contribution in [2.75, 3.05) is 32.8 Å². The van der Waals surface area contributed by atoms with Gasteiger partial charge in [0, 0.05) is 18.0 Å². The summed E-state index contributed by atoms with van der Waals surface area (Å²) in [5, 5.41) is 0. The fourth-order valence-corrected chi connectivity index (χ4v) is 3.88. The molecule has 1 amide bonds. The number of ether oxygens (including phenoxy) is 3. The molecule has 2 aromatic rings. The first-order valence-electron chi connectivity index (χ1n) is 10.4. The lowest BCUT2D eigenvalue weighted by molar-refractivity contribution is -0.127. The molecule has 0 bridgehead atoms. The van der Waals surface area contributed by atoms with Gasteiger partial charge in [-0.25, -0.2) is 4.39 Å². The van der Waals surface area contributed by atoms with Crippen LogP contribution in [-0.2, 0) is 4.79 Å². The van der Waals surface area contributed by atoms with Gasteiger partial charge in [-0.15, -0.1) is 12.4 Å². The van der Waals surface area contributed by atoms with Crippen LogP contribution in [0.3, 0.4) is 0 Å². The zero-order valence-corrected chi connectivity index (χ0v) is 18.3. The second-order valence-corrected chi connectivity index (χ2v) is 7.74. The van der Waals surface area contributed by atoms with E-state index in [1.807, 2.05) is 0 Å². The molecule has 2 aliphatic rings. The minimum Gasteiger partial charge on any atom is -0.488 e. The van der Waals surface area contributed by atoms with E-state index < -0.39 is 12.0 Å². The molecule has 0 aliphatic carbocycles. The molecule has 172 valence electrons. The van der Waals surface area contributed by atoms with Gasteiger partial charge in [-0.2, -0.15) is 0 Å². The third kappa shape index (κ3) is 5.49. The maximum atomic E-state index is 13.1. The van der Waals surface area contributed by atoms with Crippen molar-refractivity contribution in [3.8, 4) is 17.2 Å². The molecule has 32 heavy (non-hydrogen) atoms. The predicted octanol–water partition coefficient (Wildman–Crippen LogP) is 2.85. The number of amides is 1. The van der Waals surface area contributed by atoms with Gasteiger partial charge in [-0.1, -0.05) is 6.07 Å². The number of primary amides is 1. The number of hydrogen-bond acceptors (Lipinski definition) is 6. The molecule has 1 saturated heterocycles. The van der Waals surface area contributed by atoms with Gasteiger partial charge in [0.05, 0.1) is 0 Å². The summed E-state index contributed by atoms with van der Waals surface area (Å²) < 4.78 is 30.2. The van der Waals surface area contributed by atoms with Crippen molar-refractivity contribution in [1.29, 1.82) is 0 Å². The number of para-hydroxylation sites is 1. The molecule has 0 radical (unpaired) electrons. The summed E-state index contributed by atoms with van der Waals surface area (Å²) in [4.78, 5) is 26.2. The first-order chi connectivity index (χ1) is 15.0. The van der Waals surface area contributed by atoms with E-state index in [0.29, 0.717) is 36.0 Å². The molecule has 2 aliphatic heterocycles. The van der Waals surface area contributed by atoms with Crippen molar-refractivity contribution >= 4 is 24.1 Å². The average Bonchev–Trinajstić information content (AvgIpc) is 2.79. The normalized spacial score (nSPS) is 18.5. The number of carbonyl (C=O) groups is 2. The third-order valence-corrected chi connectivity index (χ3v) is 5.66. The maximum absolute atomic E-state index is 13.1. The van der Waals surface area contributed by atoms with Crippen LogP contribution in [0.15, 0.2) is 42.5 Å². The molecule has 7 nitrogen and oxygen atoms in total. The predicted molar refractivity (Wildman–Crippen MR) is 118 cm³/mol. The Morgan fingerprint density at radius 1 is 1.12 bits per heavy atom. The van der Waals surface area contributed by atoms with Crippen LogP contribution < -0.4 is 19.9 Å². The van der Waals surface area contributed by atoms with Crippen LogP contribution in [0.25, 0.3) is 0 Å². The van der Waals surface area contributed by atoms with E-state index in [4.69, 9.17) is 19.9 Å². The van der Waals surface area contributed by atoms with E-state index in [1.54, 1.807) is 30.3 Å². The molecular weight excluding hydrogens is 439 g/mol. The molecule has 0 saturated carbocycles. The SMILES string of the molecule is Cl.NC(=O)C1COc2c(OCCN3CCC(C(=O)c4ccc(F)cc4)CC3)cccc2O1. The topological polar surface area (TPSA) is 91.1 Å². The summed E-state index contributed by atoms with van der Waals surface area (Å²) in [6, 6.07) is 11.0. The van der Waals surface area contributed by atoms with E-state index in [0.717, 1.165) is 25.9 Å². The van der Waals surface area contributed by atoms with Gasteiger partial charge < -0.3 is 19.9 Å². The smallest absolute Gasteiger partial charge is 0.262 e. The van der Waals surface area contributed by atoms with Crippen LogP contribution in [-0.4, -0.2) is 55.5 Å². The van der Waals surface area contributed by atoms with Crippen LogP contribution in [0.5, 0.6) is 17.2 Å². The maximum Gasteiger partial charge on any atom is 0.262 e. The molecule has 2 aromatic carbocycles. The molecule has 2 heterocycles. The lowest BCUT2D eigenvalue weighted by atomic mass is 9.89. The number of nitrogens with zero attached hydrogens (tertiary/aromatic N) is 1. The highest BCUT2D eigenvalue weighted by Gasteiger charge is 2.28. The standard InChI is InChI=1S/C23H25FN2O5.ClH/c24-17-6-4-15(5-7-17)21(27)16-8-10-26(11-9-16)12-13-29-18-2-1-3-19-22(18)30-14-20(31-19)23(25)28;/h1-7,16,20H,8-14H2,(H2,25,28);1H. The van der Waals surface area contributed by atoms with E-state index in [1.165, 1.54) is 12.1 Å². The van der Waals surface area contributed by atoms with E-state index in [9.17, 15) is 14.0 Å². The van der Waals surface area contributed by atoms with Crippen LogP contribution >= 0.6 is 12.4 Å². The number of carbonyl (C=O) groups excluding carboxylic acids is 2. The molecule has 0 aromatic heterocycles. The minimum absolute atomic E-state index is 0. The van der Waals surface area contributed by atoms with Crippen molar-refractivity contribution < 1.29 is 28.2 Å². The Morgan fingerprint density at radius 3 is 2.53 bits per heavy atom. The summed E-state index contributed by atoms with van der Waals surface area (Å²) in [5.74, 6) is 0.609. The molecule has 2 N–H and O–H groups in total. The van der Waals surface area contributed by atoms with Gasteiger partial charge in [0.25, 0.3) is 5.91 Å². The van der Waals surface area contributed by atoms with Gasteiger partial charge in [0.1, 0.15) is 19.0 Å². The summed E-state index contributed by atoms with van der Waals surface area (Å²) >= 11 is 0. The Labute approximate surface area is 192 Å². The Bertz CT molecular complexity index is 948. The van der Waals surface area contributed by atoms with Crippen LogP contribution in [0.4, 0.5) is 4.39 Å². The quantitative estimate of drug-likeness (QED) is 0.633. The van der Waals surface area contributed by atoms with E-state index in [-0.39, 0.29) is 36.5 Å². The molecule has 9 heteroatoms. The Hall–Kier alpha value is -2.84. The number of hydrogen-bond donors (Lipinski definition) is 1. The van der Waals surface area contributed by atoms with Crippen molar-refractivity contribution in [2.24, 2.45) is 11.7 Å².